The number of hydrogen-bond donors (Lipinski definition) is 3. The molecule has 5 nitrogen and oxygen atoms in total. The Bertz CT molecular complexity index is 557. The summed E-state index contributed by atoms with van der Waals surface area (Å²) in [5.74, 6) is 0.527. The first kappa shape index (κ1) is 14.8. The van der Waals surface area contributed by atoms with Gasteiger partial charge in [-0.25, -0.2) is 4.99 Å². The molecule has 0 aromatic carbocycles. The molecule has 0 aliphatic carbocycles. The minimum atomic E-state index is 0.0701. The molecule has 3 heterocycles. The van der Waals surface area contributed by atoms with E-state index >= 15 is 0 Å². The molecule has 0 saturated carbocycles. The summed E-state index contributed by atoms with van der Waals surface area (Å²) in [5, 5.41) is 6.59. The Morgan fingerprint density at radius 1 is 1.48 bits per heavy atom. The lowest BCUT2D eigenvalue weighted by atomic mass is 9.94. The summed E-state index contributed by atoms with van der Waals surface area (Å²) in [7, 11) is 2.03. The van der Waals surface area contributed by atoms with Crippen molar-refractivity contribution < 1.29 is 0 Å². The molecule has 3 rings (SSSR count). The molecule has 1 aromatic heterocycles. The molecule has 1 fully saturated rings. The van der Waals surface area contributed by atoms with Gasteiger partial charge in [0.1, 0.15) is 6.17 Å². The van der Waals surface area contributed by atoms with E-state index in [1.807, 2.05) is 18.4 Å². The van der Waals surface area contributed by atoms with E-state index in [0.29, 0.717) is 12.0 Å². The molecule has 4 N–H and O–H groups in total. The highest BCUT2D eigenvalue weighted by atomic mass is 32.1. The van der Waals surface area contributed by atoms with E-state index in [0.717, 1.165) is 18.8 Å². The van der Waals surface area contributed by atoms with Crippen LogP contribution in [-0.2, 0) is 5.41 Å². The fourth-order valence-corrected chi connectivity index (χ4v) is 4.16. The average Bonchev–Trinajstić information content (AvgIpc) is 3.02. The van der Waals surface area contributed by atoms with Crippen molar-refractivity contribution in [3.05, 3.63) is 15.8 Å². The van der Waals surface area contributed by atoms with Crippen LogP contribution in [0.2, 0.25) is 0 Å². The lowest BCUT2D eigenvalue weighted by Crippen LogP contribution is -2.35. The number of anilines is 1. The fourth-order valence-electron chi connectivity index (χ4n) is 2.92. The zero-order valence-corrected chi connectivity index (χ0v) is 14.0. The van der Waals surface area contributed by atoms with Crippen LogP contribution in [0.15, 0.2) is 11.1 Å². The Morgan fingerprint density at radius 3 is 2.86 bits per heavy atom. The number of fused-ring (bicyclic) bond motifs is 1. The highest BCUT2D eigenvalue weighted by molar-refractivity contribution is 7.12. The number of nitrogens with one attached hydrogen (secondary N) is 2. The van der Waals surface area contributed by atoms with Crippen molar-refractivity contribution in [3.63, 3.8) is 0 Å². The number of likely N-dealkylation sites (tertiary alicyclic amines) is 1. The second-order valence-electron chi connectivity index (χ2n) is 6.92. The van der Waals surface area contributed by atoms with Crippen molar-refractivity contribution in [1.29, 1.82) is 0 Å². The van der Waals surface area contributed by atoms with E-state index in [-0.39, 0.29) is 11.6 Å². The monoisotopic (exact) mass is 307 g/mol. The molecule has 2 unspecified atom stereocenters. The molecule has 2 aliphatic heterocycles. The number of likely N-dealkylation sites (N-methyl/N-ethyl adjacent to an activating group) is 1. The van der Waals surface area contributed by atoms with Gasteiger partial charge >= 0.3 is 0 Å². The van der Waals surface area contributed by atoms with E-state index < -0.39 is 0 Å². The maximum atomic E-state index is 5.99. The summed E-state index contributed by atoms with van der Waals surface area (Å²) >= 11 is 1.86. The minimum absolute atomic E-state index is 0.0701. The Kier molecular flexibility index (Phi) is 3.71. The number of nitrogens with zero attached hydrogens (tertiary/aromatic N) is 2. The number of aliphatic imine (C=N–C) groups is 1. The first-order valence-electron chi connectivity index (χ1n) is 7.54. The Labute approximate surface area is 130 Å². The lowest BCUT2D eigenvalue weighted by Gasteiger charge is -2.28. The van der Waals surface area contributed by atoms with Crippen LogP contribution in [0.25, 0.3) is 0 Å². The van der Waals surface area contributed by atoms with Gasteiger partial charge in [-0.1, -0.05) is 20.8 Å². The van der Waals surface area contributed by atoms with Gasteiger partial charge in [0.15, 0.2) is 5.96 Å². The molecule has 116 valence electrons. The number of nitrogens with two attached hydrogens (primary N) is 1. The highest BCUT2D eigenvalue weighted by Crippen LogP contribution is 2.43. The van der Waals surface area contributed by atoms with E-state index in [9.17, 15) is 0 Å². The van der Waals surface area contributed by atoms with Crippen LogP contribution in [0.3, 0.4) is 0 Å². The SMILES string of the molecule is CNC1CCN(C2N=C(N)Nc3cc(C(C)(C)C)sc32)C1. The summed E-state index contributed by atoms with van der Waals surface area (Å²) in [6.45, 7) is 8.83. The summed E-state index contributed by atoms with van der Waals surface area (Å²) in [4.78, 5) is 9.76. The summed E-state index contributed by atoms with van der Waals surface area (Å²) < 4.78 is 0. The van der Waals surface area contributed by atoms with Gasteiger partial charge in [-0.3, -0.25) is 4.90 Å². The third kappa shape index (κ3) is 2.80. The topological polar surface area (TPSA) is 65.7 Å². The summed E-state index contributed by atoms with van der Waals surface area (Å²) in [5.41, 5.74) is 7.28. The minimum Gasteiger partial charge on any atom is -0.370 e. The van der Waals surface area contributed by atoms with Gasteiger partial charge in [-0.2, -0.15) is 0 Å². The van der Waals surface area contributed by atoms with Crippen LogP contribution in [0.4, 0.5) is 5.69 Å². The van der Waals surface area contributed by atoms with Gasteiger partial charge in [-0.05, 0) is 24.9 Å². The van der Waals surface area contributed by atoms with E-state index in [4.69, 9.17) is 5.73 Å². The van der Waals surface area contributed by atoms with Crippen molar-refractivity contribution in [2.45, 2.75) is 44.8 Å². The van der Waals surface area contributed by atoms with Gasteiger partial charge in [-0.15, -0.1) is 11.3 Å². The van der Waals surface area contributed by atoms with Gasteiger partial charge in [0, 0.05) is 24.0 Å². The van der Waals surface area contributed by atoms with E-state index in [1.54, 1.807) is 0 Å². The molecular formula is C15H25N5S. The molecule has 2 aliphatic rings. The number of rotatable bonds is 2. The third-order valence-electron chi connectivity index (χ3n) is 4.23. The molecule has 0 spiro atoms. The zero-order chi connectivity index (χ0) is 15.2. The van der Waals surface area contributed by atoms with Gasteiger partial charge in [0.05, 0.1) is 10.6 Å². The van der Waals surface area contributed by atoms with Crippen molar-refractivity contribution in [1.82, 2.24) is 10.2 Å². The molecule has 0 bridgehead atoms. The molecule has 1 saturated heterocycles. The predicted octanol–water partition coefficient (Wildman–Crippen LogP) is 2.08. The molecule has 2 atom stereocenters. The predicted molar refractivity (Wildman–Crippen MR) is 90.0 cm³/mol. The van der Waals surface area contributed by atoms with Crippen molar-refractivity contribution in [2.75, 3.05) is 25.5 Å². The highest BCUT2D eigenvalue weighted by Gasteiger charge is 2.34. The van der Waals surface area contributed by atoms with Crippen molar-refractivity contribution in [2.24, 2.45) is 10.7 Å². The second kappa shape index (κ2) is 5.26. The standard InChI is InChI=1S/C15H25N5S/c1-15(2,3)11-7-10-12(21-11)13(19-14(16)18-10)20-6-5-9(8-20)17-4/h7,9,13,17H,5-6,8H2,1-4H3,(H3,16,18,19). The fraction of sp³-hybridized carbons (Fsp3) is 0.667. The quantitative estimate of drug-likeness (QED) is 0.782. The van der Waals surface area contributed by atoms with Crippen LogP contribution in [0.5, 0.6) is 0 Å². The zero-order valence-electron chi connectivity index (χ0n) is 13.2. The molecular weight excluding hydrogens is 282 g/mol. The number of thiophene rings is 1. The van der Waals surface area contributed by atoms with Crippen LogP contribution in [0.1, 0.15) is 43.1 Å². The number of hydrogen-bond acceptors (Lipinski definition) is 6. The van der Waals surface area contributed by atoms with Gasteiger partial charge in [0.2, 0.25) is 0 Å². The van der Waals surface area contributed by atoms with E-state index in [2.05, 4.69) is 47.4 Å². The summed E-state index contributed by atoms with van der Waals surface area (Å²) in [6.07, 6.45) is 1.24. The normalized spacial score (nSPS) is 26.4. The first-order valence-corrected chi connectivity index (χ1v) is 8.36. The van der Waals surface area contributed by atoms with Crippen LogP contribution < -0.4 is 16.4 Å². The number of guanidine groups is 1. The Hall–Kier alpha value is -1.11. The van der Waals surface area contributed by atoms with Gasteiger partial charge < -0.3 is 16.4 Å². The van der Waals surface area contributed by atoms with Gasteiger partial charge in [0.25, 0.3) is 0 Å². The summed E-state index contributed by atoms with van der Waals surface area (Å²) in [6, 6.07) is 2.79. The largest absolute Gasteiger partial charge is 0.370 e. The molecule has 21 heavy (non-hydrogen) atoms. The maximum Gasteiger partial charge on any atom is 0.195 e. The van der Waals surface area contributed by atoms with E-state index in [1.165, 1.54) is 16.2 Å². The van der Waals surface area contributed by atoms with Crippen LogP contribution in [-0.4, -0.2) is 37.0 Å². The first-order chi connectivity index (χ1) is 9.88. The van der Waals surface area contributed by atoms with Crippen molar-refractivity contribution in [3.8, 4) is 0 Å². The third-order valence-corrected chi connectivity index (χ3v) is 5.83. The molecule has 1 aromatic rings. The van der Waals surface area contributed by atoms with Crippen LogP contribution >= 0.6 is 11.3 Å². The van der Waals surface area contributed by atoms with Crippen molar-refractivity contribution >= 4 is 23.0 Å². The molecule has 0 radical (unpaired) electrons. The van der Waals surface area contributed by atoms with Crippen LogP contribution in [0, 0.1) is 0 Å². The molecule has 0 amide bonds. The second-order valence-corrected chi connectivity index (χ2v) is 8.00. The Morgan fingerprint density at radius 2 is 2.24 bits per heavy atom. The lowest BCUT2D eigenvalue weighted by molar-refractivity contribution is 0.250. The molecule has 6 heteroatoms. The Balaban J connectivity index is 1.91. The average molecular weight is 307 g/mol. The maximum absolute atomic E-state index is 5.99. The smallest absolute Gasteiger partial charge is 0.195 e.